The van der Waals surface area contributed by atoms with Gasteiger partial charge in [-0.15, -0.1) is 0 Å². The average Bonchev–Trinajstić information content (AvgIpc) is 2.54. The first-order valence-electron chi connectivity index (χ1n) is 7.56. The Morgan fingerprint density at radius 1 is 1.36 bits per heavy atom. The van der Waals surface area contributed by atoms with Gasteiger partial charge in [-0.1, -0.05) is 0 Å². The van der Waals surface area contributed by atoms with Crippen molar-refractivity contribution in [1.82, 2.24) is 20.2 Å². The molecular weight excluding hydrogens is 278 g/mol. The molecule has 116 valence electrons. The third-order valence-corrected chi connectivity index (χ3v) is 4.02. The average molecular weight is 299 g/mol. The lowest BCUT2D eigenvalue weighted by Gasteiger charge is -2.35. The van der Waals surface area contributed by atoms with Crippen LogP contribution >= 0.6 is 0 Å². The van der Waals surface area contributed by atoms with Gasteiger partial charge in [0, 0.05) is 62.9 Å². The third-order valence-electron chi connectivity index (χ3n) is 4.02. The van der Waals surface area contributed by atoms with Gasteiger partial charge in [-0.3, -0.25) is 9.97 Å². The van der Waals surface area contributed by atoms with E-state index in [-0.39, 0.29) is 12.1 Å². The number of amides is 2. The Hall–Kier alpha value is -2.37. The maximum Gasteiger partial charge on any atom is 0.317 e. The zero-order chi connectivity index (χ0) is 15.5. The van der Waals surface area contributed by atoms with Crippen LogP contribution in [0.2, 0.25) is 0 Å². The Kier molecular flexibility index (Phi) is 4.09. The zero-order valence-corrected chi connectivity index (χ0v) is 13.0. The summed E-state index contributed by atoms with van der Waals surface area (Å²) in [6, 6.07) is 4.09. The topological polar surface area (TPSA) is 61.4 Å². The SMILES string of the molecule is CN(C)C(=O)NC1CCCN(c2ccnc3ccncc23)C1. The van der Waals surface area contributed by atoms with Crippen LogP contribution in [-0.4, -0.2) is 54.1 Å². The summed E-state index contributed by atoms with van der Waals surface area (Å²) in [6.07, 6.45) is 7.52. The van der Waals surface area contributed by atoms with Gasteiger partial charge in [0.2, 0.25) is 0 Å². The predicted octanol–water partition coefficient (Wildman–Crippen LogP) is 1.87. The molecule has 1 unspecified atom stereocenters. The van der Waals surface area contributed by atoms with Gasteiger partial charge in [0.15, 0.2) is 0 Å². The van der Waals surface area contributed by atoms with Crippen LogP contribution in [0.4, 0.5) is 10.5 Å². The van der Waals surface area contributed by atoms with Crippen LogP contribution < -0.4 is 10.2 Å². The van der Waals surface area contributed by atoms with Gasteiger partial charge >= 0.3 is 6.03 Å². The van der Waals surface area contributed by atoms with Gasteiger partial charge in [-0.2, -0.15) is 0 Å². The minimum Gasteiger partial charge on any atom is -0.369 e. The second kappa shape index (κ2) is 6.17. The molecule has 1 aliphatic rings. The van der Waals surface area contributed by atoms with Crippen molar-refractivity contribution in [2.24, 2.45) is 0 Å². The largest absolute Gasteiger partial charge is 0.369 e. The lowest BCUT2D eigenvalue weighted by Crippen LogP contribution is -2.50. The maximum absolute atomic E-state index is 11.8. The Morgan fingerprint density at radius 2 is 2.23 bits per heavy atom. The summed E-state index contributed by atoms with van der Waals surface area (Å²) in [6.45, 7) is 1.80. The molecule has 1 saturated heterocycles. The number of nitrogens with one attached hydrogen (secondary N) is 1. The fourth-order valence-electron chi connectivity index (χ4n) is 2.87. The fourth-order valence-corrected chi connectivity index (χ4v) is 2.87. The van der Waals surface area contributed by atoms with Gasteiger partial charge < -0.3 is 15.1 Å². The van der Waals surface area contributed by atoms with Gasteiger partial charge in [0.25, 0.3) is 0 Å². The van der Waals surface area contributed by atoms with Crippen molar-refractivity contribution in [1.29, 1.82) is 0 Å². The van der Waals surface area contributed by atoms with Gasteiger partial charge in [0.05, 0.1) is 5.52 Å². The van der Waals surface area contributed by atoms with E-state index in [4.69, 9.17) is 0 Å². The number of piperidine rings is 1. The van der Waals surface area contributed by atoms with E-state index in [2.05, 4.69) is 20.2 Å². The molecule has 1 atom stereocenters. The summed E-state index contributed by atoms with van der Waals surface area (Å²) >= 11 is 0. The predicted molar refractivity (Wildman–Crippen MR) is 87.0 cm³/mol. The Labute approximate surface area is 130 Å². The van der Waals surface area contributed by atoms with Crippen molar-refractivity contribution < 1.29 is 4.79 Å². The number of hydrogen-bond donors (Lipinski definition) is 1. The summed E-state index contributed by atoms with van der Waals surface area (Å²) in [4.78, 5) is 24.3. The Morgan fingerprint density at radius 3 is 3.05 bits per heavy atom. The molecule has 2 amide bonds. The second-order valence-corrected chi connectivity index (χ2v) is 5.85. The zero-order valence-electron chi connectivity index (χ0n) is 13.0. The molecule has 1 N–H and O–H groups in total. The first-order valence-corrected chi connectivity index (χ1v) is 7.56. The summed E-state index contributed by atoms with van der Waals surface area (Å²) in [5, 5.41) is 4.14. The minimum atomic E-state index is -0.0342. The molecule has 2 aromatic rings. The van der Waals surface area contributed by atoms with Crippen molar-refractivity contribution in [3.8, 4) is 0 Å². The van der Waals surface area contributed by atoms with Crippen molar-refractivity contribution in [3.63, 3.8) is 0 Å². The number of fused-ring (bicyclic) bond motifs is 1. The Bertz CT molecular complexity index is 667. The number of hydrogen-bond acceptors (Lipinski definition) is 4. The minimum absolute atomic E-state index is 0.0342. The molecule has 0 bridgehead atoms. The second-order valence-electron chi connectivity index (χ2n) is 5.85. The highest BCUT2D eigenvalue weighted by atomic mass is 16.2. The van der Waals surface area contributed by atoms with Crippen LogP contribution in [0.5, 0.6) is 0 Å². The first kappa shape index (κ1) is 14.6. The van der Waals surface area contributed by atoms with Crippen molar-refractivity contribution in [2.45, 2.75) is 18.9 Å². The van der Waals surface area contributed by atoms with Crippen molar-refractivity contribution in [2.75, 3.05) is 32.1 Å². The van der Waals surface area contributed by atoms with E-state index < -0.39 is 0 Å². The summed E-state index contributed by atoms with van der Waals surface area (Å²) in [5.41, 5.74) is 2.09. The monoisotopic (exact) mass is 299 g/mol. The number of rotatable bonds is 2. The molecule has 3 heterocycles. The third kappa shape index (κ3) is 2.95. The number of urea groups is 1. The molecule has 0 aromatic carbocycles. The first-order chi connectivity index (χ1) is 10.6. The van der Waals surface area contributed by atoms with Crippen LogP contribution in [0, 0.1) is 0 Å². The maximum atomic E-state index is 11.8. The number of aromatic nitrogens is 2. The number of nitrogens with zero attached hydrogens (tertiary/aromatic N) is 4. The van der Waals surface area contributed by atoms with E-state index in [0.717, 1.165) is 42.5 Å². The lowest BCUT2D eigenvalue weighted by molar-refractivity contribution is 0.211. The number of anilines is 1. The summed E-state index contributed by atoms with van der Waals surface area (Å²) in [5.74, 6) is 0. The molecule has 1 aliphatic heterocycles. The highest BCUT2D eigenvalue weighted by molar-refractivity contribution is 5.90. The fraction of sp³-hybridized carbons (Fsp3) is 0.438. The van der Waals surface area contributed by atoms with Gasteiger partial charge in [-0.05, 0) is 25.0 Å². The molecular formula is C16H21N5O. The van der Waals surface area contributed by atoms with Crippen LogP contribution in [0.15, 0.2) is 30.7 Å². The van der Waals surface area contributed by atoms with Crippen LogP contribution in [0.3, 0.4) is 0 Å². The standard InChI is InChI=1S/C16H21N5O/c1-20(2)16(22)19-12-4-3-9-21(11-12)15-6-8-18-14-5-7-17-10-13(14)15/h5-8,10,12H,3-4,9,11H2,1-2H3,(H,19,22). The van der Waals surface area contributed by atoms with Crippen LogP contribution in [-0.2, 0) is 0 Å². The smallest absolute Gasteiger partial charge is 0.317 e. The molecule has 0 saturated carbocycles. The molecule has 3 rings (SSSR count). The number of carbonyl (C=O) groups excluding carboxylic acids is 1. The molecule has 0 radical (unpaired) electrons. The van der Waals surface area contributed by atoms with Crippen LogP contribution in [0.1, 0.15) is 12.8 Å². The quantitative estimate of drug-likeness (QED) is 0.919. The Balaban J connectivity index is 1.80. The van der Waals surface area contributed by atoms with Gasteiger partial charge in [-0.25, -0.2) is 4.79 Å². The molecule has 2 aromatic heterocycles. The molecule has 6 nitrogen and oxygen atoms in total. The summed E-state index contributed by atoms with van der Waals surface area (Å²) < 4.78 is 0. The molecule has 0 spiro atoms. The van der Waals surface area contributed by atoms with E-state index in [1.165, 1.54) is 0 Å². The molecule has 0 aliphatic carbocycles. The molecule has 6 heteroatoms. The van der Waals surface area contributed by atoms with Crippen LogP contribution in [0.25, 0.3) is 10.9 Å². The van der Waals surface area contributed by atoms with E-state index in [1.807, 2.05) is 24.5 Å². The normalized spacial score (nSPS) is 18.3. The number of carbonyl (C=O) groups is 1. The van der Waals surface area contributed by atoms with Gasteiger partial charge in [0.1, 0.15) is 0 Å². The van der Waals surface area contributed by atoms with E-state index >= 15 is 0 Å². The molecule has 1 fully saturated rings. The molecule has 22 heavy (non-hydrogen) atoms. The van der Waals surface area contributed by atoms with E-state index in [0.29, 0.717) is 0 Å². The highest BCUT2D eigenvalue weighted by Gasteiger charge is 2.23. The van der Waals surface area contributed by atoms with Crippen molar-refractivity contribution in [3.05, 3.63) is 30.7 Å². The lowest BCUT2D eigenvalue weighted by atomic mass is 10.0. The highest BCUT2D eigenvalue weighted by Crippen LogP contribution is 2.27. The van der Waals surface area contributed by atoms with Crippen molar-refractivity contribution >= 4 is 22.6 Å². The number of pyridine rings is 2. The van der Waals surface area contributed by atoms with E-state index in [1.54, 1.807) is 25.2 Å². The summed E-state index contributed by atoms with van der Waals surface area (Å²) in [7, 11) is 3.52. The van der Waals surface area contributed by atoms with E-state index in [9.17, 15) is 4.79 Å².